The zero-order valence-electron chi connectivity index (χ0n) is 10.4. The van der Waals surface area contributed by atoms with E-state index in [-0.39, 0.29) is 11.5 Å². The first-order valence-electron chi connectivity index (χ1n) is 5.78. The van der Waals surface area contributed by atoms with Crippen molar-refractivity contribution in [2.24, 2.45) is 0 Å². The van der Waals surface area contributed by atoms with Gasteiger partial charge in [0.15, 0.2) is 17.3 Å². The van der Waals surface area contributed by atoms with Crippen molar-refractivity contribution < 1.29 is 18.7 Å². The predicted octanol–water partition coefficient (Wildman–Crippen LogP) is 3.22. The molecule has 3 aromatic rings. The van der Waals surface area contributed by atoms with Gasteiger partial charge in [-0.05, 0) is 24.3 Å². The van der Waals surface area contributed by atoms with Gasteiger partial charge in [-0.15, -0.1) is 0 Å². The van der Waals surface area contributed by atoms with Crippen molar-refractivity contribution in [3.05, 3.63) is 53.5 Å². The molecule has 0 aliphatic carbocycles. The number of carbonyl (C=O) groups is 1. The molecule has 0 N–H and O–H groups in total. The molecule has 0 atom stereocenters. The Hall–Kier alpha value is -2.67. The lowest BCUT2D eigenvalue weighted by Crippen LogP contribution is -2.05. The van der Waals surface area contributed by atoms with Gasteiger partial charge in [-0.1, -0.05) is 11.6 Å². The normalized spacial score (nSPS) is 10.6. The van der Waals surface area contributed by atoms with Crippen LogP contribution in [0.3, 0.4) is 0 Å². The number of hydrogen-bond acceptors (Lipinski definition) is 5. The van der Waals surface area contributed by atoms with Gasteiger partial charge in [0.2, 0.25) is 0 Å². The van der Waals surface area contributed by atoms with Gasteiger partial charge in [-0.3, -0.25) is 0 Å². The summed E-state index contributed by atoms with van der Waals surface area (Å²) in [6, 6.07) is 7.92. The third-order valence-electron chi connectivity index (χ3n) is 2.70. The summed E-state index contributed by atoms with van der Waals surface area (Å²) in [6.45, 7) is 0. The smallest absolute Gasteiger partial charge is 0.399 e. The Balaban J connectivity index is 2.21. The van der Waals surface area contributed by atoms with Crippen LogP contribution in [0.4, 0.5) is 4.53 Å². The monoisotopic (exact) mass is 307 g/mol. The van der Waals surface area contributed by atoms with Crippen molar-refractivity contribution in [3.63, 3.8) is 0 Å². The standard InChI is InChI=1S/C13H7ClFN3O3/c14-8-3-1-5-16-12(8)18-10(11-4-2-6-20-11)7-9(17-18)13(19)21-15/h1-7H. The quantitative estimate of drug-likeness (QED) is 0.743. The van der Waals surface area contributed by atoms with Crippen molar-refractivity contribution in [1.82, 2.24) is 14.8 Å². The molecule has 0 saturated heterocycles. The molecule has 0 fully saturated rings. The number of nitrogens with zero attached hydrogens (tertiary/aromatic N) is 3. The first-order chi connectivity index (χ1) is 10.2. The fraction of sp³-hybridized carbons (Fsp3) is 0. The zero-order valence-corrected chi connectivity index (χ0v) is 11.1. The highest BCUT2D eigenvalue weighted by atomic mass is 35.5. The van der Waals surface area contributed by atoms with Gasteiger partial charge in [0.1, 0.15) is 5.69 Å². The summed E-state index contributed by atoms with van der Waals surface area (Å²) < 4.78 is 18.6. The van der Waals surface area contributed by atoms with Gasteiger partial charge in [0, 0.05) is 16.8 Å². The molecule has 0 aliphatic rings. The first kappa shape index (κ1) is 13.3. The minimum atomic E-state index is -1.21. The second kappa shape index (κ2) is 5.37. The van der Waals surface area contributed by atoms with Crippen LogP contribution in [-0.4, -0.2) is 20.7 Å². The Bertz CT molecular complexity index is 786. The molecule has 0 aromatic carbocycles. The number of hydrogen-bond donors (Lipinski definition) is 0. The van der Waals surface area contributed by atoms with Gasteiger partial charge < -0.3 is 4.42 Å². The molecule has 0 spiro atoms. The first-order valence-corrected chi connectivity index (χ1v) is 6.16. The second-order valence-corrected chi connectivity index (χ2v) is 4.38. The number of carbonyl (C=O) groups excluding carboxylic acids is 1. The van der Waals surface area contributed by atoms with E-state index in [1.54, 1.807) is 24.3 Å². The minimum Gasteiger partial charge on any atom is -0.463 e. The number of aromatic nitrogens is 3. The Morgan fingerprint density at radius 1 is 1.38 bits per heavy atom. The predicted molar refractivity (Wildman–Crippen MR) is 70.6 cm³/mol. The van der Waals surface area contributed by atoms with Crippen LogP contribution in [0.15, 0.2) is 47.2 Å². The highest BCUT2D eigenvalue weighted by Gasteiger charge is 2.21. The molecule has 3 aromatic heterocycles. The Kier molecular flexibility index (Phi) is 3.41. The van der Waals surface area contributed by atoms with Crippen LogP contribution in [0.25, 0.3) is 17.3 Å². The van der Waals surface area contributed by atoms with Gasteiger partial charge in [-0.25, -0.2) is 19.4 Å². The molecule has 8 heteroatoms. The highest BCUT2D eigenvalue weighted by molar-refractivity contribution is 6.32. The van der Waals surface area contributed by atoms with Crippen molar-refractivity contribution in [2.45, 2.75) is 0 Å². The molecule has 106 valence electrons. The van der Waals surface area contributed by atoms with Crippen LogP contribution in [0, 0.1) is 0 Å². The molecule has 3 rings (SSSR count). The van der Waals surface area contributed by atoms with E-state index in [2.05, 4.69) is 15.0 Å². The summed E-state index contributed by atoms with van der Waals surface area (Å²) in [5, 5.41) is 4.28. The Morgan fingerprint density at radius 3 is 2.90 bits per heavy atom. The summed E-state index contributed by atoms with van der Waals surface area (Å²) in [5.41, 5.74) is 0.159. The molecule has 0 unspecified atom stereocenters. The zero-order chi connectivity index (χ0) is 14.8. The van der Waals surface area contributed by atoms with Crippen LogP contribution in [-0.2, 0) is 4.94 Å². The van der Waals surface area contributed by atoms with Crippen molar-refractivity contribution in [2.75, 3.05) is 0 Å². The average molecular weight is 308 g/mol. The van der Waals surface area contributed by atoms with Gasteiger partial charge in [-0.2, -0.15) is 5.10 Å². The summed E-state index contributed by atoms with van der Waals surface area (Å²) in [5.74, 6) is -0.515. The molecule has 3 heterocycles. The van der Waals surface area contributed by atoms with Crippen molar-refractivity contribution in [1.29, 1.82) is 0 Å². The van der Waals surface area contributed by atoms with E-state index in [0.717, 1.165) is 0 Å². The van der Waals surface area contributed by atoms with Gasteiger partial charge in [0.05, 0.1) is 11.3 Å². The summed E-state index contributed by atoms with van der Waals surface area (Å²) in [7, 11) is 0. The van der Waals surface area contributed by atoms with E-state index in [0.29, 0.717) is 16.5 Å². The number of halogens is 2. The molecular formula is C13H7ClFN3O3. The van der Waals surface area contributed by atoms with Crippen LogP contribution in [0.2, 0.25) is 5.02 Å². The van der Waals surface area contributed by atoms with E-state index in [1.165, 1.54) is 23.2 Å². The maximum atomic E-state index is 12.1. The van der Waals surface area contributed by atoms with Crippen LogP contribution in [0.1, 0.15) is 10.5 Å². The van der Waals surface area contributed by atoms with E-state index in [4.69, 9.17) is 16.0 Å². The lowest BCUT2D eigenvalue weighted by molar-refractivity contribution is -0.0793. The van der Waals surface area contributed by atoms with Crippen LogP contribution < -0.4 is 0 Å². The molecule has 0 saturated carbocycles. The average Bonchev–Trinajstić information content (AvgIpc) is 3.15. The lowest BCUT2D eigenvalue weighted by atomic mass is 10.3. The van der Waals surface area contributed by atoms with E-state index in [1.807, 2.05) is 0 Å². The van der Waals surface area contributed by atoms with Crippen molar-refractivity contribution in [3.8, 4) is 17.3 Å². The fourth-order valence-corrected chi connectivity index (χ4v) is 2.02. The highest BCUT2D eigenvalue weighted by Crippen LogP contribution is 2.27. The van der Waals surface area contributed by atoms with Crippen molar-refractivity contribution >= 4 is 17.6 Å². The molecule has 21 heavy (non-hydrogen) atoms. The topological polar surface area (TPSA) is 70.2 Å². The molecule has 6 nitrogen and oxygen atoms in total. The third kappa shape index (κ3) is 2.38. The largest absolute Gasteiger partial charge is 0.463 e. The number of pyridine rings is 1. The SMILES string of the molecule is O=C(OF)c1cc(-c2ccco2)n(-c2ncccc2Cl)n1. The molecule has 0 amide bonds. The summed E-state index contributed by atoms with van der Waals surface area (Å²) >= 11 is 6.07. The summed E-state index contributed by atoms with van der Waals surface area (Å²) in [6.07, 6.45) is 2.97. The Morgan fingerprint density at radius 2 is 2.24 bits per heavy atom. The minimum absolute atomic E-state index is 0.231. The molecule has 0 radical (unpaired) electrons. The van der Waals surface area contributed by atoms with E-state index >= 15 is 0 Å². The fourth-order valence-electron chi connectivity index (χ4n) is 1.81. The maximum Gasteiger partial charge on any atom is 0.399 e. The van der Waals surface area contributed by atoms with Crippen LogP contribution >= 0.6 is 11.6 Å². The maximum absolute atomic E-state index is 12.1. The number of furan rings is 1. The third-order valence-corrected chi connectivity index (χ3v) is 3.00. The van der Waals surface area contributed by atoms with E-state index in [9.17, 15) is 9.32 Å². The molecular weight excluding hydrogens is 301 g/mol. The summed E-state index contributed by atoms with van der Waals surface area (Å²) in [4.78, 5) is 18.6. The molecule has 0 aliphatic heterocycles. The Labute approximate surface area is 122 Å². The van der Waals surface area contributed by atoms with Gasteiger partial charge in [0.25, 0.3) is 0 Å². The molecule has 0 bridgehead atoms. The van der Waals surface area contributed by atoms with Gasteiger partial charge >= 0.3 is 5.97 Å². The number of rotatable bonds is 3. The second-order valence-electron chi connectivity index (χ2n) is 3.98. The van der Waals surface area contributed by atoms with Crippen LogP contribution in [0.5, 0.6) is 0 Å². The van der Waals surface area contributed by atoms with E-state index < -0.39 is 5.97 Å². The lowest BCUT2D eigenvalue weighted by Gasteiger charge is -2.05.